The van der Waals surface area contributed by atoms with Crippen LogP contribution in [0, 0.1) is 13.8 Å². The van der Waals surface area contributed by atoms with Crippen LogP contribution in [0.25, 0.3) is 0 Å². The quantitative estimate of drug-likeness (QED) is 0.859. The van der Waals surface area contributed by atoms with Crippen molar-refractivity contribution in [3.63, 3.8) is 0 Å². The maximum absolute atomic E-state index is 12.5. The Morgan fingerprint density at radius 1 is 1.27 bits per heavy atom. The van der Waals surface area contributed by atoms with E-state index in [-0.39, 0.29) is 12.0 Å². The predicted molar refractivity (Wildman–Crippen MR) is 101 cm³/mol. The number of amides is 1. The van der Waals surface area contributed by atoms with Gasteiger partial charge in [-0.05, 0) is 51.7 Å². The van der Waals surface area contributed by atoms with Crippen molar-refractivity contribution < 1.29 is 14.3 Å². The molecule has 140 valence electrons. The van der Waals surface area contributed by atoms with Gasteiger partial charge in [0.2, 0.25) is 5.91 Å². The SMILES string of the molecule is COc1ccc(NC(=O)Cc2c(C)nn(C)c2C)cc1OC1CCCC1. The first-order valence-corrected chi connectivity index (χ1v) is 9.11. The van der Waals surface area contributed by atoms with Crippen LogP contribution in [-0.2, 0) is 18.3 Å². The molecule has 3 rings (SSSR count). The number of carbonyl (C=O) groups excluding carboxylic acids is 1. The third-order valence-corrected chi connectivity index (χ3v) is 5.04. The molecule has 0 spiro atoms. The van der Waals surface area contributed by atoms with Crippen LogP contribution in [0.3, 0.4) is 0 Å². The second-order valence-electron chi connectivity index (χ2n) is 6.89. The van der Waals surface area contributed by atoms with Crippen LogP contribution in [-0.4, -0.2) is 28.9 Å². The maximum Gasteiger partial charge on any atom is 0.228 e. The number of aryl methyl sites for hydroxylation is 2. The lowest BCUT2D eigenvalue weighted by molar-refractivity contribution is -0.115. The molecule has 1 aromatic carbocycles. The van der Waals surface area contributed by atoms with Gasteiger partial charge in [0.05, 0.1) is 25.3 Å². The molecule has 0 atom stereocenters. The molecule has 1 aromatic heterocycles. The number of hydrogen-bond donors (Lipinski definition) is 1. The van der Waals surface area contributed by atoms with E-state index in [1.165, 1.54) is 12.8 Å². The van der Waals surface area contributed by atoms with Crippen LogP contribution in [0.15, 0.2) is 18.2 Å². The lowest BCUT2D eigenvalue weighted by atomic mass is 10.1. The number of methoxy groups -OCH3 is 1. The van der Waals surface area contributed by atoms with Gasteiger partial charge in [-0.25, -0.2) is 0 Å². The minimum atomic E-state index is -0.0683. The smallest absolute Gasteiger partial charge is 0.228 e. The number of nitrogens with zero attached hydrogens (tertiary/aromatic N) is 2. The summed E-state index contributed by atoms with van der Waals surface area (Å²) in [7, 11) is 3.52. The summed E-state index contributed by atoms with van der Waals surface area (Å²) in [5.74, 6) is 1.31. The molecule has 1 amide bonds. The second-order valence-corrected chi connectivity index (χ2v) is 6.89. The fourth-order valence-electron chi connectivity index (χ4n) is 3.47. The van der Waals surface area contributed by atoms with Crippen molar-refractivity contribution in [2.75, 3.05) is 12.4 Å². The van der Waals surface area contributed by atoms with Gasteiger partial charge in [0, 0.05) is 30.1 Å². The fourth-order valence-corrected chi connectivity index (χ4v) is 3.47. The van der Waals surface area contributed by atoms with E-state index in [2.05, 4.69) is 10.4 Å². The van der Waals surface area contributed by atoms with Crippen LogP contribution in [0.1, 0.15) is 42.6 Å². The Kier molecular flexibility index (Phi) is 5.49. The first-order chi connectivity index (χ1) is 12.5. The van der Waals surface area contributed by atoms with Crippen molar-refractivity contribution >= 4 is 11.6 Å². The van der Waals surface area contributed by atoms with Gasteiger partial charge in [-0.1, -0.05) is 0 Å². The van der Waals surface area contributed by atoms with Crippen molar-refractivity contribution in [3.8, 4) is 11.5 Å². The molecule has 6 nitrogen and oxygen atoms in total. The molecule has 0 radical (unpaired) electrons. The Balaban J connectivity index is 1.71. The largest absolute Gasteiger partial charge is 0.493 e. The second kappa shape index (κ2) is 7.81. The van der Waals surface area contributed by atoms with Crippen molar-refractivity contribution in [1.29, 1.82) is 0 Å². The molecule has 2 aromatic rings. The minimum absolute atomic E-state index is 0.0683. The molecule has 0 aliphatic heterocycles. The lowest BCUT2D eigenvalue weighted by Gasteiger charge is -2.17. The van der Waals surface area contributed by atoms with Gasteiger partial charge in [0.15, 0.2) is 11.5 Å². The summed E-state index contributed by atoms with van der Waals surface area (Å²) in [5, 5.41) is 7.32. The number of carbonyl (C=O) groups is 1. The number of anilines is 1. The summed E-state index contributed by atoms with van der Waals surface area (Å²) in [4.78, 5) is 12.5. The molecule has 1 aliphatic carbocycles. The highest BCUT2D eigenvalue weighted by molar-refractivity contribution is 5.92. The van der Waals surface area contributed by atoms with E-state index in [1.54, 1.807) is 11.8 Å². The zero-order chi connectivity index (χ0) is 18.7. The number of hydrogen-bond acceptors (Lipinski definition) is 4. The molecule has 6 heteroatoms. The van der Waals surface area contributed by atoms with Gasteiger partial charge in [-0.15, -0.1) is 0 Å². The van der Waals surface area contributed by atoms with Crippen LogP contribution in [0.2, 0.25) is 0 Å². The van der Waals surface area contributed by atoms with E-state index < -0.39 is 0 Å². The third kappa shape index (κ3) is 4.00. The summed E-state index contributed by atoms with van der Waals surface area (Å²) in [6, 6.07) is 5.51. The molecule has 1 heterocycles. The molecule has 1 fully saturated rings. The van der Waals surface area contributed by atoms with Crippen molar-refractivity contribution in [2.45, 2.75) is 52.1 Å². The third-order valence-electron chi connectivity index (χ3n) is 5.04. The Hall–Kier alpha value is -2.50. The molecular formula is C20H27N3O3. The summed E-state index contributed by atoms with van der Waals surface area (Å²) in [6.07, 6.45) is 5.07. The van der Waals surface area contributed by atoms with Gasteiger partial charge >= 0.3 is 0 Å². The van der Waals surface area contributed by atoms with Crippen molar-refractivity contribution in [1.82, 2.24) is 9.78 Å². The number of benzene rings is 1. The Morgan fingerprint density at radius 2 is 2.00 bits per heavy atom. The zero-order valence-corrected chi connectivity index (χ0v) is 16.0. The Morgan fingerprint density at radius 3 is 2.62 bits per heavy atom. The van der Waals surface area contributed by atoms with Gasteiger partial charge in [0.1, 0.15) is 0 Å². The summed E-state index contributed by atoms with van der Waals surface area (Å²) in [6.45, 7) is 3.90. The average Bonchev–Trinajstić information content (AvgIpc) is 3.19. The van der Waals surface area contributed by atoms with Crippen molar-refractivity contribution in [2.24, 2.45) is 7.05 Å². The van der Waals surface area contributed by atoms with Crippen LogP contribution in [0.4, 0.5) is 5.69 Å². The zero-order valence-electron chi connectivity index (χ0n) is 16.0. The van der Waals surface area contributed by atoms with E-state index in [0.717, 1.165) is 29.8 Å². The van der Waals surface area contributed by atoms with Crippen molar-refractivity contribution in [3.05, 3.63) is 35.2 Å². The Bertz CT molecular complexity index is 792. The lowest BCUT2D eigenvalue weighted by Crippen LogP contribution is -2.16. The van der Waals surface area contributed by atoms with Crippen LogP contribution in [0.5, 0.6) is 11.5 Å². The molecule has 0 bridgehead atoms. The Labute approximate surface area is 154 Å². The number of aromatic nitrogens is 2. The topological polar surface area (TPSA) is 65.4 Å². The van der Waals surface area contributed by atoms with E-state index in [4.69, 9.17) is 9.47 Å². The molecule has 0 unspecified atom stereocenters. The monoisotopic (exact) mass is 357 g/mol. The van der Waals surface area contributed by atoms with Gasteiger partial charge in [0.25, 0.3) is 0 Å². The first-order valence-electron chi connectivity index (χ1n) is 9.11. The molecule has 1 saturated carbocycles. The van der Waals surface area contributed by atoms with E-state index >= 15 is 0 Å². The maximum atomic E-state index is 12.5. The summed E-state index contributed by atoms with van der Waals surface area (Å²) >= 11 is 0. The van der Waals surface area contributed by atoms with E-state index in [9.17, 15) is 4.79 Å². The first kappa shape index (κ1) is 18.3. The molecule has 1 N–H and O–H groups in total. The van der Waals surface area contributed by atoms with Gasteiger partial charge in [-0.3, -0.25) is 9.48 Å². The number of ether oxygens (including phenoxy) is 2. The predicted octanol–water partition coefficient (Wildman–Crippen LogP) is 3.55. The summed E-state index contributed by atoms with van der Waals surface area (Å²) < 4.78 is 13.3. The molecular weight excluding hydrogens is 330 g/mol. The average molecular weight is 357 g/mol. The highest BCUT2D eigenvalue weighted by Crippen LogP contribution is 2.34. The van der Waals surface area contributed by atoms with Gasteiger partial charge < -0.3 is 14.8 Å². The number of nitrogens with one attached hydrogen (secondary N) is 1. The molecule has 26 heavy (non-hydrogen) atoms. The standard InChI is InChI=1S/C20H27N3O3/c1-13-17(14(2)23(3)22-13)12-20(24)21-15-9-10-18(25-4)19(11-15)26-16-7-5-6-8-16/h9-11,16H,5-8,12H2,1-4H3,(H,21,24). The van der Waals surface area contributed by atoms with Crippen LogP contribution >= 0.6 is 0 Å². The van der Waals surface area contributed by atoms with E-state index in [0.29, 0.717) is 23.6 Å². The summed E-state index contributed by atoms with van der Waals surface area (Å²) in [5.41, 5.74) is 3.58. The highest BCUT2D eigenvalue weighted by Gasteiger charge is 2.19. The van der Waals surface area contributed by atoms with Gasteiger partial charge in [-0.2, -0.15) is 5.10 Å². The van der Waals surface area contributed by atoms with Crippen LogP contribution < -0.4 is 14.8 Å². The molecule has 1 aliphatic rings. The molecule has 0 saturated heterocycles. The highest BCUT2D eigenvalue weighted by atomic mass is 16.5. The minimum Gasteiger partial charge on any atom is -0.493 e. The van der Waals surface area contributed by atoms with E-state index in [1.807, 2.05) is 39.1 Å². The normalized spacial score (nSPS) is 14.5. The fraction of sp³-hybridized carbons (Fsp3) is 0.500. The number of rotatable bonds is 6.